The maximum atomic E-state index is 9.86. The minimum atomic E-state index is -0.580. The van der Waals surface area contributed by atoms with Crippen molar-refractivity contribution in [1.29, 1.82) is 0 Å². The minimum Gasteiger partial charge on any atom is -0.390 e. The lowest BCUT2D eigenvalue weighted by Crippen LogP contribution is -2.25. The third kappa shape index (κ3) is 2.13. The van der Waals surface area contributed by atoms with Gasteiger partial charge in [-0.3, -0.25) is 0 Å². The molecule has 0 amide bonds. The zero-order chi connectivity index (χ0) is 14.3. The fourth-order valence-corrected chi connectivity index (χ4v) is 2.62. The van der Waals surface area contributed by atoms with Crippen LogP contribution in [0.2, 0.25) is 0 Å². The Morgan fingerprint density at radius 1 is 1.00 bits per heavy atom. The lowest BCUT2D eigenvalue weighted by molar-refractivity contribution is 0.165. The normalized spacial score (nSPS) is 13.1. The van der Waals surface area contributed by atoms with Crippen LogP contribution in [-0.2, 0) is 6.54 Å². The first-order valence-electron chi connectivity index (χ1n) is 6.55. The van der Waals surface area contributed by atoms with Gasteiger partial charge in [-0.25, -0.2) is 0 Å². The minimum absolute atomic E-state index is 0.227. The van der Waals surface area contributed by atoms with E-state index in [0.717, 1.165) is 21.8 Å². The lowest BCUT2D eigenvalue weighted by atomic mass is 9.92. The van der Waals surface area contributed by atoms with Gasteiger partial charge in [0.15, 0.2) is 0 Å². The summed E-state index contributed by atoms with van der Waals surface area (Å²) in [5.74, 6) is 0. The molecule has 3 N–H and O–H groups in total. The Hall–Kier alpha value is -1.71. The van der Waals surface area contributed by atoms with E-state index in [1.165, 1.54) is 0 Å². The zero-order valence-electron chi connectivity index (χ0n) is 11.1. The lowest BCUT2D eigenvalue weighted by Gasteiger charge is -2.12. The van der Waals surface area contributed by atoms with E-state index in [2.05, 4.69) is 4.57 Å². The zero-order valence-corrected chi connectivity index (χ0v) is 11.1. The Kier molecular flexibility index (Phi) is 3.32. The molecule has 0 saturated heterocycles. The number of nitrogens with two attached hydrogens (primary N) is 1. The monoisotopic (exact) mass is 260 g/mol. The summed E-state index contributed by atoms with van der Waals surface area (Å²) in [4.78, 5) is 0. The van der Waals surface area contributed by atoms with Crippen molar-refractivity contribution >= 4 is 48.4 Å². The van der Waals surface area contributed by atoms with Crippen LogP contribution in [0.25, 0.3) is 21.8 Å². The number of hydrogen-bond donors (Lipinski definition) is 2. The van der Waals surface area contributed by atoms with Crippen LogP contribution in [0.15, 0.2) is 36.4 Å². The van der Waals surface area contributed by atoms with Crippen LogP contribution in [0.4, 0.5) is 0 Å². The Morgan fingerprint density at radius 2 is 1.50 bits per heavy atom. The van der Waals surface area contributed by atoms with Crippen molar-refractivity contribution in [2.24, 2.45) is 5.73 Å². The predicted molar refractivity (Wildman–Crippen MR) is 85.3 cm³/mol. The van der Waals surface area contributed by atoms with E-state index in [9.17, 15) is 5.11 Å². The number of nitrogens with zero attached hydrogens (tertiary/aromatic N) is 1. The fraction of sp³-hybridized carbons (Fsp3) is 0.200. The van der Waals surface area contributed by atoms with Crippen molar-refractivity contribution in [3.8, 4) is 0 Å². The van der Waals surface area contributed by atoms with Gasteiger partial charge >= 0.3 is 0 Å². The van der Waals surface area contributed by atoms with Gasteiger partial charge in [0.2, 0.25) is 0 Å². The molecular formula is C15H14B2N2O. The van der Waals surface area contributed by atoms with Crippen LogP contribution in [-0.4, -0.2) is 38.0 Å². The second-order valence-electron chi connectivity index (χ2n) is 5.05. The number of benzene rings is 2. The van der Waals surface area contributed by atoms with Crippen LogP contribution in [0.3, 0.4) is 0 Å². The van der Waals surface area contributed by atoms with E-state index in [1.54, 1.807) is 0 Å². The van der Waals surface area contributed by atoms with Crippen molar-refractivity contribution in [3.05, 3.63) is 36.4 Å². The van der Waals surface area contributed by atoms with Gasteiger partial charge in [-0.05, 0) is 12.1 Å². The predicted octanol–water partition coefficient (Wildman–Crippen LogP) is -0.298. The topological polar surface area (TPSA) is 51.2 Å². The summed E-state index contributed by atoms with van der Waals surface area (Å²) in [5.41, 5.74) is 8.98. The number of hydrogen-bond acceptors (Lipinski definition) is 2. The SMILES string of the molecule is [B]c1ccc2c(c1)c1cc([B])ccc1n2CC(O)CN. The Morgan fingerprint density at radius 3 is 1.95 bits per heavy atom. The van der Waals surface area contributed by atoms with Crippen LogP contribution in [0, 0.1) is 0 Å². The summed E-state index contributed by atoms with van der Waals surface area (Å²) in [6.45, 7) is 0.676. The standard InChI is InChI=1S/C15H14B2N2O/c16-9-1-3-14-12(5-9)13-6-10(17)2-4-15(13)19(14)8-11(20)7-18/h1-6,11,20H,7-8,18H2. The first-order valence-corrected chi connectivity index (χ1v) is 6.55. The molecule has 1 heterocycles. The molecule has 0 aliphatic heterocycles. The first-order chi connectivity index (χ1) is 9.60. The molecule has 0 aliphatic carbocycles. The smallest absolute Gasteiger partial charge is 0.113 e. The highest BCUT2D eigenvalue weighted by molar-refractivity contribution is 6.35. The molecule has 0 aliphatic rings. The molecule has 5 heteroatoms. The van der Waals surface area contributed by atoms with Crippen molar-refractivity contribution in [3.63, 3.8) is 0 Å². The van der Waals surface area contributed by atoms with Crippen molar-refractivity contribution < 1.29 is 5.11 Å². The Labute approximate surface area is 120 Å². The molecule has 1 unspecified atom stereocenters. The average Bonchev–Trinajstić information content (AvgIpc) is 2.72. The summed E-state index contributed by atoms with van der Waals surface area (Å²) < 4.78 is 2.06. The highest BCUT2D eigenvalue weighted by atomic mass is 16.3. The fourth-order valence-electron chi connectivity index (χ4n) is 2.62. The molecule has 0 saturated carbocycles. The molecular weight excluding hydrogens is 246 g/mol. The van der Waals surface area contributed by atoms with Crippen LogP contribution >= 0.6 is 0 Å². The Bertz CT molecular complexity index is 723. The van der Waals surface area contributed by atoms with Gasteiger partial charge in [-0.1, -0.05) is 35.2 Å². The largest absolute Gasteiger partial charge is 0.390 e. The number of aromatic nitrogens is 1. The van der Waals surface area contributed by atoms with Crippen molar-refractivity contribution in [1.82, 2.24) is 4.57 Å². The van der Waals surface area contributed by atoms with Crippen LogP contribution in [0.1, 0.15) is 0 Å². The van der Waals surface area contributed by atoms with E-state index in [0.29, 0.717) is 17.5 Å². The molecule has 3 aromatic rings. The molecule has 96 valence electrons. The molecule has 3 rings (SSSR count). The van der Waals surface area contributed by atoms with Gasteiger partial charge in [-0.15, -0.1) is 0 Å². The van der Waals surface area contributed by atoms with Gasteiger partial charge < -0.3 is 15.4 Å². The van der Waals surface area contributed by atoms with E-state index < -0.39 is 6.10 Å². The van der Waals surface area contributed by atoms with E-state index >= 15 is 0 Å². The molecule has 2 aromatic carbocycles. The summed E-state index contributed by atoms with van der Waals surface area (Å²) in [6.07, 6.45) is -0.580. The molecule has 0 fully saturated rings. The summed E-state index contributed by atoms with van der Waals surface area (Å²) in [5, 5.41) is 11.9. The number of aliphatic hydroxyl groups excluding tert-OH is 1. The first kappa shape index (κ1) is 13.3. The van der Waals surface area contributed by atoms with E-state index in [4.69, 9.17) is 21.4 Å². The third-order valence-corrected chi connectivity index (χ3v) is 3.58. The molecule has 0 spiro atoms. The summed E-state index contributed by atoms with van der Waals surface area (Å²) in [7, 11) is 11.8. The molecule has 1 atom stereocenters. The highest BCUT2D eigenvalue weighted by Gasteiger charge is 2.13. The molecule has 3 nitrogen and oxygen atoms in total. The third-order valence-electron chi connectivity index (χ3n) is 3.58. The van der Waals surface area contributed by atoms with Crippen LogP contribution < -0.4 is 16.7 Å². The summed E-state index contributed by atoms with van der Waals surface area (Å²) >= 11 is 0. The van der Waals surface area contributed by atoms with Gasteiger partial charge in [0.05, 0.1) is 12.6 Å². The maximum Gasteiger partial charge on any atom is 0.113 e. The van der Waals surface area contributed by atoms with Gasteiger partial charge in [0.1, 0.15) is 15.7 Å². The Balaban J connectivity index is 2.34. The number of aliphatic hydroxyl groups is 1. The van der Waals surface area contributed by atoms with Gasteiger partial charge in [0, 0.05) is 28.4 Å². The highest BCUT2D eigenvalue weighted by Crippen LogP contribution is 2.27. The van der Waals surface area contributed by atoms with Crippen LogP contribution in [0.5, 0.6) is 0 Å². The molecule has 20 heavy (non-hydrogen) atoms. The second kappa shape index (κ2) is 5.00. The second-order valence-corrected chi connectivity index (χ2v) is 5.05. The molecule has 0 bridgehead atoms. The number of fused-ring (bicyclic) bond motifs is 3. The van der Waals surface area contributed by atoms with Gasteiger partial charge in [0.25, 0.3) is 0 Å². The summed E-state index contributed by atoms with van der Waals surface area (Å²) in [6, 6.07) is 11.5. The quantitative estimate of drug-likeness (QED) is 0.635. The van der Waals surface area contributed by atoms with E-state index in [-0.39, 0.29) is 6.54 Å². The number of rotatable bonds is 3. The maximum absolute atomic E-state index is 9.86. The average molecular weight is 260 g/mol. The van der Waals surface area contributed by atoms with Gasteiger partial charge in [-0.2, -0.15) is 0 Å². The van der Waals surface area contributed by atoms with Crippen molar-refractivity contribution in [2.45, 2.75) is 12.6 Å². The molecule has 4 radical (unpaired) electrons. The van der Waals surface area contributed by atoms with E-state index in [1.807, 2.05) is 36.4 Å². The molecule has 1 aromatic heterocycles. The van der Waals surface area contributed by atoms with Crippen molar-refractivity contribution in [2.75, 3.05) is 6.54 Å².